The number of nitrogens with zero attached hydrogens (tertiary/aromatic N) is 4. The zero-order chi connectivity index (χ0) is 13.0. The number of carbonyl (C=O) groups excluding carboxylic acids is 1. The number of carbonyl (C=O) groups is 1. The van der Waals surface area contributed by atoms with Crippen LogP contribution in [0.1, 0.15) is 13.8 Å². The van der Waals surface area contributed by atoms with Gasteiger partial charge in [0.25, 0.3) is 0 Å². The fraction of sp³-hybridized carbons (Fsp3) is 0.455. The van der Waals surface area contributed by atoms with Crippen LogP contribution >= 0.6 is 11.3 Å². The molecule has 0 aromatic carbocycles. The number of tetrazole rings is 1. The van der Waals surface area contributed by atoms with Crippen LogP contribution in [0, 0.1) is 5.92 Å². The van der Waals surface area contributed by atoms with Crippen molar-refractivity contribution in [2.45, 2.75) is 20.4 Å². The standard InChI is InChI=1S/C11H15N5OS/c1-8(2)6-12-10(17)7-16-14-11(13-15-16)9-4-3-5-18-9/h3-5,8H,6-7H2,1-2H3,(H,12,17). The molecule has 0 saturated heterocycles. The van der Waals surface area contributed by atoms with Gasteiger partial charge in [0.05, 0.1) is 4.88 Å². The van der Waals surface area contributed by atoms with Crippen LogP contribution in [-0.2, 0) is 11.3 Å². The van der Waals surface area contributed by atoms with Gasteiger partial charge in [-0.2, -0.15) is 4.80 Å². The van der Waals surface area contributed by atoms with Crippen molar-refractivity contribution in [3.05, 3.63) is 17.5 Å². The first-order chi connectivity index (χ1) is 8.65. The SMILES string of the molecule is CC(C)CNC(=O)Cn1nnc(-c2cccs2)n1. The van der Waals surface area contributed by atoms with Gasteiger partial charge in [-0.1, -0.05) is 19.9 Å². The van der Waals surface area contributed by atoms with Crippen LogP contribution in [0.2, 0.25) is 0 Å². The molecule has 0 fully saturated rings. The highest BCUT2D eigenvalue weighted by Gasteiger charge is 2.09. The lowest BCUT2D eigenvalue weighted by atomic mass is 10.2. The van der Waals surface area contributed by atoms with Crippen LogP contribution in [0.3, 0.4) is 0 Å². The Bertz CT molecular complexity index is 505. The maximum atomic E-state index is 11.6. The van der Waals surface area contributed by atoms with Gasteiger partial charge in [-0.15, -0.1) is 21.5 Å². The van der Waals surface area contributed by atoms with E-state index < -0.39 is 0 Å². The van der Waals surface area contributed by atoms with Crippen LogP contribution in [-0.4, -0.2) is 32.7 Å². The minimum absolute atomic E-state index is 0.0983. The summed E-state index contributed by atoms with van der Waals surface area (Å²) in [5, 5.41) is 16.7. The van der Waals surface area contributed by atoms with Crippen LogP contribution in [0.15, 0.2) is 17.5 Å². The van der Waals surface area contributed by atoms with E-state index in [1.165, 1.54) is 4.80 Å². The van der Waals surface area contributed by atoms with E-state index in [-0.39, 0.29) is 12.5 Å². The molecular formula is C11H15N5OS. The van der Waals surface area contributed by atoms with Crippen molar-refractivity contribution < 1.29 is 4.79 Å². The van der Waals surface area contributed by atoms with Crippen molar-refractivity contribution in [3.63, 3.8) is 0 Å². The van der Waals surface area contributed by atoms with Crippen molar-refractivity contribution in [2.24, 2.45) is 5.92 Å². The largest absolute Gasteiger partial charge is 0.354 e. The molecule has 0 aliphatic heterocycles. The second-order valence-corrected chi connectivity index (χ2v) is 5.27. The van der Waals surface area contributed by atoms with Crippen molar-refractivity contribution in [1.82, 2.24) is 25.5 Å². The maximum absolute atomic E-state index is 11.6. The highest BCUT2D eigenvalue weighted by atomic mass is 32.1. The molecular weight excluding hydrogens is 250 g/mol. The average molecular weight is 265 g/mol. The van der Waals surface area contributed by atoms with E-state index in [1.54, 1.807) is 11.3 Å². The molecule has 18 heavy (non-hydrogen) atoms. The number of nitrogens with one attached hydrogen (secondary N) is 1. The zero-order valence-electron chi connectivity index (χ0n) is 10.3. The van der Waals surface area contributed by atoms with Crippen LogP contribution in [0.25, 0.3) is 10.7 Å². The molecule has 0 aliphatic carbocycles. The zero-order valence-corrected chi connectivity index (χ0v) is 11.1. The van der Waals surface area contributed by atoms with E-state index in [2.05, 4.69) is 20.7 Å². The minimum Gasteiger partial charge on any atom is -0.354 e. The van der Waals surface area contributed by atoms with Gasteiger partial charge in [0.2, 0.25) is 11.7 Å². The molecule has 0 saturated carbocycles. The third kappa shape index (κ3) is 3.36. The molecule has 2 heterocycles. The van der Waals surface area contributed by atoms with Crippen molar-refractivity contribution in [2.75, 3.05) is 6.54 Å². The molecule has 1 N–H and O–H groups in total. The van der Waals surface area contributed by atoms with E-state index >= 15 is 0 Å². The summed E-state index contributed by atoms with van der Waals surface area (Å²) in [4.78, 5) is 13.8. The molecule has 0 spiro atoms. The lowest BCUT2D eigenvalue weighted by Gasteiger charge is -2.06. The minimum atomic E-state index is -0.0983. The summed E-state index contributed by atoms with van der Waals surface area (Å²) in [6.45, 7) is 4.85. The van der Waals surface area contributed by atoms with Gasteiger partial charge in [-0.05, 0) is 22.6 Å². The first-order valence-electron chi connectivity index (χ1n) is 5.73. The summed E-state index contributed by atoms with van der Waals surface area (Å²) in [7, 11) is 0. The number of rotatable bonds is 5. The fourth-order valence-electron chi connectivity index (χ4n) is 1.32. The normalized spacial score (nSPS) is 10.8. The van der Waals surface area contributed by atoms with E-state index in [1.807, 2.05) is 31.4 Å². The van der Waals surface area contributed by atoms with Crippen LogP contribution in [0.5, 0.6) is 0 Å². The summed E-state index contributed by atoms with van der Waals surface area (Å²) in [6.07, 6.45) is 0. The fourth-order valence-corrected chi connectivity index (χ4v) is 1.96. The Morgan fingerprint density at radius 3 is 3.06 bits per heavy atom. The maximum Gasteiger partial charge on any atom is 0.243 e. The Morgan fingerprint density at radius 1 is 1.56 bits per heavy atom. The van der Waals surface area contributed by atoms with Crippen molar-refractivity contribution in [3.8, 4) is 10.7 Å². The molecule has 0 atom stereocenters. The summed E-state index contributed by atoms with van der Waals surface area (Å²) in [5.41, 5.74) is 0. The van der Waals surface area contributed by atoms with Gasteiger partial charge in [0, 0.05) is 6.54 Å². The molecule has 96 valence electrons. The van der Waals surface area contributed by atoms with E-state index in [0.717, 1.165) is 4.88 Å². The monoisotopic (exact) mass is 265 g/mol. The first-order valence-corrected chi connectivity index (χ1v) is 6.61. The Hall–Kier alpha value is -1.76. The predicted octanol–water partition coefficient (Wildman–Crippen LogP) is 1.17. The van der Waals surface area contributed by atoms with Crippen molar-refractivity contribution >= 4 is 17.2 Å². The van der Waals surface area contributed by atoms with Gasteiger partial charge >= 0.3 is 0 Å². The average Bonchev–Trinajstić information content (AvgIpc) is 2.95. The first kappa shape index (κ1) is 12.7. The highest BCUT2D eigenvalue weighted by Crippen LogP contribution is 2.19. The van der Waals surface area contributed by atoms with Gasteiger partial charge in [-0.3, -0.25) is 4.79 Å². The Labute approximate surface area is 109 Å². The molecule has 0 radical (unpaired) electrons. The predicted molar refractivity (Wildman–Crippen MR) is 69.0 cm³/mol. The number of hydrogen-bond acceptors (Lipinski definition) is 5. The second kappa shape index (κ2) is 5.72. The van der Waals surface area contributed by atoms with E-state index in [4.69, 9.17) is 0 Å². The number of hydrogen-bond donors (Lipinski definition) is 1. The summed E-state index contributed by atoms with van der Waals surface area (Å²) < 4.78 is 0. The molecule has 2 rings (SSSR count). The lowest BCUT2D eigenvalue weighted by molar-refractivity contribution is -0.122. The van der Waals surface area contributed by atoms with Crippen LogP contribution < -0.4 is 5.32 Å². The molecule has 2 aromatic rings. The van der Waals surface area contributed by atoms with E-state index in [0.29, 0.717) is 18.3 Å². The molecule has 6 nitrogen and oxygen atoms in total. The number of thiophene rings is 1. The van der Waals surface area contributed by atoms with Gasteiger partial charge < -0.3 is 5.32 Å². The molecule has 7 heteroatoms. The summed E-state index contributed by atoms with van der Waals surface area (Å²) in [5.74, 6) is 0.889. The third-order valence-corrected chi connectivity index (χ3v) is 3.05. The summed E-state index contributed by atoms with van der Waals surface area (Å²) in [6, 6.07) is 3.85. The lowest BCUT2D eigenvalue weighted by Crippen LogP contribution is -2.31. The summed E-state index contributed by atoms with van der Waals surface area (Å²) >= 11 is 1.54. The Kier molecular flexibility index (Phi) is 4.03. The molecule has 0 bridgehead atoms. The quantitative estimate of drug-likeness (QED) is 0.881. The molecule has 2 aromatic heterocycles. The second-order valence-electron chi connectivity index (χ2n) is 4.32. The third-order valence-electron chi connectivity index (χ3n) is 2.19. The van der Waals surface area contributed by atoms with E-state index in [9.17, 15) is 4.79 Å². The Morgan fingerprint density at radius 2 is 2.39 bits per heavy atom. The smallest absolute Gasteiger partial charge is 0.243 e. The number of aromatic nitrogens is 4. The number of amides is 1. The highest BCUT2D eigenvalue weighted by molar-refractivity contribution is 7.13. The molecule has 0 unspecified atom stereocenters. The van der Waals surface area contributed by atoms with Gasteiger partial charge in [0.1, 0.15) is 6.54 Å². The topological polar surface area (TPSA) is 72.7 Å². The molecule has 0 aliphatic rings. The van der Waals surface area contributed by atoms with Gasteiger partial charge in [0.15, 0.2) is 0 Å². The Balaban J connectivity index is 1.93. The molecule has 1 amide bonds. The van der Waals surface area contributed by atoms with Crippen LogP contribution in [0.4, 0.5) is 0 Å². The van der Waals surface area contributed by atoms with Crippen molar-refractivity contribution in [1.29, 1.82) is 0 Å². The van der Waals surface area contributed by atoms with Gasteiger partial charge in [-0.25, -0.2) is 0 Å².